The average molecular weight is 239 g/mol. The zero-order valence-electron chi connectivity index (χ0n) is 8.72. The number of thiophene rings is 1. The van der Waals surface area contributed by atoms with Crippen molar-refractivity contribution < 1.29 is 9.84 Å². The molecule has 2 N–H and O–H groups in total. The minimum absolute atomic E-state index is 0.0578. The Labute approximate surface area is 97.1 Å². The van der Waals surface area contributed by atoms with Gasteiger partial charge in [0, 0.05) is 6.54 Å². The molecule has 0 radical (unpaired) electrons. The molecule has 0 spiro atoms. The van der Waals surface area contributed by atoms with E-state index in [9.17, 15) is 0 Å². The highest BCUT2D eigenvalue weighted by molar-refractivity contribution is 7.16. The summed E-state index contributed by atoms with van der Waals surface area (Å²) in [6.45, 7) is 1.65. The summed E-state index contributed by atoms with van der Waals surface area (Å²) >= 11 is 1.59. The predicted octanol–water partition coefficient (Wildman–Crippen LogP) is 1.11. The van der Waals surface area contributed by atoms with Gasteiger partial charge in [-0.25, -0.2) is 9.97 Å². The van der Waals surface area contributed by atoms with E-state index in [2.05, 4.69) is 15.3 Å². The molecular formula is C10H13N3O2S. The molecule has 0 saturated heterocycles. The van der Waals surface area contributed by atoms with Crippen LogP contribution in [-0.2, 0) is 4.74 Å². The third kappa shape index (κ3) is 2.66. The zero-order chi connectivity index (χ0) is 11.2. The van der Waals surface area contributed by atoms with Gasteiger partial charge < -0.3 is 15.2 Å². The van der Waals surface area contributed by atoms with Gasteiger partial charge in [-0.1, -0.05) is 0 Å². The molecule has 2 aromatic heterocycles. The van der Waals surface area contributed by atoms with E-state index in [1.54, 1.807) is 17.7 Å². The molecule has 5 nitrogen and oxygen atoms in total. The number of fused-ring (bicyclic) bond motifs is 1. The average Bonchev–Trinajstić information content (AvgIpc) is 2.77. The van der Waals surface area contributed by atoms with E-state index in [0.717, 1.165) is 16.0 Å². The Bertz CT molecular complexity index is 446. The number of aliphatic hydroxyl groups excluding tert-OH is 1. The van der Waals surface area contributed by atoms with E-state index < -0.39 is 0 Å². The Kier molecular flexibility index (Phi) is 4.03. The molecule has 86 valence electrons. The molecule has 0 fully saturated rings. The maximum atomic E-state index is 8.53. The standard InChI is InChI=1S/C10H13N3O2S/c14-3-5-15-4-2-11-9-8-1-6-16-10(8)13-7-12-9/h1,6-7,14H,2-5H2,(H,11,12,13). The Balaban J connectivity index is 1.91. The summed E-state index contributed by atoms with van der Waals surface area (Å²) in [6, 6.07) is 2.00. The number of ether oxygens (including phenoxy) is 1. The molecule has 0 saturated carbocycles. The molecule has 0 bridgehead atoms. The molecule has 16 heavy (non-hydrogen) atoms. The first-order valence-electron chi connectivity index (χ1n) is 5.02. The van der Waals surface area contributed by atoms with Crippen molar-refractivity contribution in [1.29, 1.82) is 0 Å². The van der Waals surface area contributed by atoms with Crippen molar-refractivity contribution in [2.45, 2.75) is 0 Å². The minimum Gasteiger partial charge on any atom is -0.394 e. The summed E-state index contributed by atoms with van der Waals surface area (Å²) in [6.07, 6.45) is 1.55. The fraction of sp³-hybridized carbons (Fsp3) is 0.400. The van der Waals surface area contributed by atoms with Crippen molar-refractivity contribution in [2.75, 3.05) is 31.7 Å². The molecular weight excluding hydrogens is 226 g/mol. The Morgan fingerprint density at radius 1 is 1.38 bits per heavy atom. The summed E-state index contributed by atoms with van der Waals surface area (Å²) in [5, 5.41) is 14.7. The lowest BCUT2D eigenvalue weighted by Gasteiger charge is -2.06. The van der Waals surface area contributed by atoms with Crippen molar-refractivity contribution in [3.63, 3.8) is 0 Å². The molecule has 0 aliphatic carbocycles. The maximum Gasteiger partial charge on any atom is 0.138 e. The van der Waals surface area contributed by atoms with Crippen LogP contribution in [-0.4, -0.2) is 41.4 Å². The fourth-order valence-corrected chi connectivity index (χ4v) is 2.07. The van der Waals surface area contributed by atoms with E-state index in [-0.39, 0.29) is 6.61 Å². The van der Waals surface area contributed by atoms with Crippen LogP contribution in [0.2, 0.25) is 0 Å². The van der Waals surface area contributed by atoms with Gasteiger partial charge in [-0.2, -0.15) is 0 Å². The third-order valence-corrected chi connectivity index (χ3v) is 2.86. The molecule has 0 amide bonds. The zero-order valence-corrected chi connectivity index (χ0v) is 9.54. The number of nitrogens with one attached hydrogen (secondary N) is 1. The highest BCUT2D eigenvalue weighted by Gasteiger charge is 2.03. The van der Waals surface area contributed by atoms with Gasteiger partial charge in [0.05, 0.1) is 25.2 Å². The smallest absolute Gasteiger partial charge is 0.138 e. The predicted molar refractivity (Wildman–Crippen MR) is 63.8 cm³/mol. The van der Waals surface area contributed by atoms with Gasteiger partial charge in [-0.05, 0) is 11.4 Å². The molecule has 0 aliphatic rings. The first-order chi connectivity index (χ1) is 7.92. The van der Waals surface area contributed by atoms with Crippen LogP contribution < -0.4 is 5.32 Å². The second kappa shape index (κ2) is 5.74. The van der Waals surface area contributed by atoms with E-state index in [4.69, 9.17) is 9.84 Å². The second-order valence-corrected chi connectivity index (χ2v) is 4.02. The highest BCUT2D eigenvalue weighted by atomic mass is 32.1. The number of anilines is 1. The SMILES string of the molecule is OCCOCCNc1ncnc2sccc12. The van der Waals surface area contributed by atoms with E-state index in [0.29, 0.717) is 19.8 Å². The number of rotatable bonds is 6. The summed E-state index contributed by atoms with van der Waals surface area (Å²) in [7, 11) is 0. The van der Waals surface area contributed by atoms with Gasteiger partial charge in [-0.3, -0.25) is 0 Å². The number of aliphatic hydroxyl groups is 1. The summed E-state index contributed by atoms with van der Waals surface area (Å²) in [5.74, 6) is 0.832. The van der Waals surface area contributed by atoms with Crippen LogP contribution in [0.4, 0.5) is 5.82 Å². The number of aromatic nitrogens is 2. The lowest BCUT2D eigenvalue weighted by Crippen LogP contribution is -2.12. The molecule has 2 rings (SSSR count). The molecule has 0 atom stereocenters. The van der Waals surface area contributed by atoms with Gasteiger partial charge in [0.2, 0.25) is 0 Å². The van der Waals surface area contributed by atoms with Crippen molar-refractivity contribution >= 4 is 27.4 Å². The summed E-state index contributed by atoms with van der Waals surface area (Å²) < 4.78 is 5.14. The normalized spacial score (nSPS) is 10.8. The van der Waals surface area contributed by atoms with Crippen LogP contribution in [0.5, 0.6) is 0 Å². The van der Waals surface area contributed by atoms with Gasteiger partial charge >= 0.3 is 0 Å². The highest BCUT2D eigenvalue weighted by Crippen LogP contribution is 2.23. The Morgan fingerprint density at radius 2 is 2.31 bits per heavy atom. The van der Waals surface area contributed by atoms with Gasteiger partial charge in [0.1, 0.15) is 17.0 Å². The third-order valence-electron chi connectivity index (χ3n) is 2.04. The number of hydrogen-bond donors (Lipinski definition) is 2. The number of hydrogen-bond acceptors (Lipinski definition) is 6. The van der Waals surface area contributed by atoms with Crippen molar-refractivity contribution in [1.82, 2.24) is 9.97 Å². The summed E-state index contributed by atoms with van der Waals surface area (Å²) in [5.41, 5.74) is 0. The first-order valence-corrected chi connectivity index (χ1v) is 5.90. The van der Waals surface area contributed by atoms with Crippen LogP contribution in [0.15, 0.2) is 17.8 Å². The molecule has 2 aromatic rings. The van der Waals surface area contributed by atoms with Crippen molar-refractivity contribution in [2.24, 2.45) is 0 Å². The molecule has 0 unspecified atom stereocenters. The topological polar surface area (TPSA) is 67.3 Å². The van der Waals surface area contributed by atoms with Crippen LogP contribution in [0.25, 0.3) is 10.2 Å². The molecule has 2 heterocycles. The largest absolute Gasteiger partial charge is 0.394 e. The Morgan fingerprint density at radius 3 is 3.19 bits per heavy atom. The quantitative estimate of drug-likeness (QED) is 0.739. The van der Waals surface area contributed by atoms with Crippen LogP contribution in [0, 0.1) is 0 Å². The first kappa shape index (κ1) is 11.3. The minimum atomic E-state index is 0.0578. The molecule has 0 aromatic carbocycles. The monoisotopic (exact) mass is 239 g/mol. The van der Waals surface area contributed by atoms with Crippen LogP contribution in [0.3, 0.4) is 0 Å². The Hall–Kier alpha value is -1.24. The van der Waals surface area contributed by atoms with Gasteiger partial charge in [-0.15, -0.1) is 11.3 Å². The van der Waals surface area contributed by atoms with Crippen molar-refractivity contribution in [3.8, 4) is 0 Å². The lowest BCUT2D eigenvalue weighted by molar-refractivity contribution is 0.0992. The number of nitrogens with zero attached hydrogens (tertiary/aromatic N) is 2. The van der Waals surface area contributed by atoms with Gasteiger partial charge in [0.15, 0.2) is 0 Å². The van der Waals surface area contributed by atoms with E-state index in [1.807, 2.05) is 11.4 Å². The lowest BCUT2D eigenvalue weighted by atomic mass is 10.4. The van der Waals surface area contributed by atoms with Crippen molar-refractivity contribution in [3.05, 3.63) is 17.8 Å². The molecule has 6 heteroatoms. The van der Waals surface area contributed by atoms with Crippen LogP contribution >= 0.6 is 11.3 Å². The molecule has 0 aliphatic heterocycles. The summed E-state index contributed by atoms with van der Waals surface area (Å²) in [4.78, 5) is 9.32. The fourth-order valence-electron chi connectivity index (χ4n) is 1.34. The maximum absolute atomic E-state index is 8.53. The van der Waals surface area contributed by atoms with E-state index in [1.165, 1.54) is 0 Å². The van der Waals surface area contributed by atoms with E-state index >= 15 is 0 Å². The van der Waals surface area contributed by atoms with Crippen LogP contribution in [0.1, 0.15) is 0 Å². The second-order valence-electron chi connectivity index (χ2n) is 3.12. The van der Waals surface area contributed by atoms with Gasteiger partial charge in [0.25, 0.3) is 0 Å².